The quantitative estimate of drug-likeness (QED) is 0.852. The molecule has 0 bridgehead atoms. The van der Waals surface area contributed by atoms with Crippen molar-refractivity contribution in [1.82, 2.24) is 4.90 Å². The number of nitrogens with two attached hydrogens (primary N) is 1. The van der Waals surface area contributed by atoms with E-state index in [2.05, 4.69) is 4.90 Å². The number of carbonyl (C=O) groups is 1. The number of likely N-dealkylation sites (tertiary alicyclic amines) is 1. The fourth-order valence-electron chi connectivity index (χ4n) is 2.67. The minimum absolute atomic E-state index is 0.0125. The highest BCUT2D eigenvalue weighted by Crippen LogP contribution is 2.21. The number of rotatable bonds is 4. The first kappa shape index (κ1) is 14.9. The Bertz CT molecular complexity index is 471. The van der Waals surface area contributed by atoms with Gasteiger partial charge in [-0.15, -0.1) is 0 Å². The second-order valence-electron chi connectivity index (χ2n) is 5.19. The Morgan fingerprint density at radius 3 is 2.70 bits per heavy atom. The van der Waals surface area contributed by atoms with Crippen molar-refractivity contribution >= 4 is 5.97 Å². The Kier molecular flexibility index (Phi) is 5.09. The van der Waals surface area contributed by atoms with E-state index in [1.54, 1.807) is 6.07 Å². The highest BCUT2D eigenvalue weighted by molar-refractivity contribution is 5.72. The molecule has 1 heterocycles. The summed E-state index contributed by atoms with van der Waals surface area (Å²) in [6.07, 6.45) is 1.62. The molecule has 4 nitrogen and oxygen atoms in total. The lowest BCUT2D eigenvalue weighted by atomic mass is 9.96. The van der Waals surface area contributed by atoms with Gasteiger partial charge in [0.25, 0.3) is 0 Å². The van der Waals surface area contributed by atoms with E-state index in [-0.39, 0.29) is 17.7 Å². The Morgan fingerprint density at radius 2 is 2.10 bits per heavy atom. The highest BCUT2D eigenvalue weighted by atomic mass is 19.1. The predicted octanol–water partition coefficient (Wildman–Crippen LogP) is 1.67. The molecule has 5 heteroatoms. The van der Waals surface area contributed by atoms with E-state index in [0.29, 0.717) is 6.54 Å². The second-order valence-corrected chi connectivity index (χ2v) is 5.19. The summed E-state index contributed by atoms with van der Waals surface area (Å²) in [4.78, 5) is 13.7. The minimum Gasteiger partial charge on any atom is -0.469 e. The molecule has 0 atom stereocenters. The molecule has 2 N–H and O–H groups in total. The van der Waals surface area contributed by atoms with Gasteiger partial charge in [-0.25, -0.2) is 4.39 Å². The number of ether oxygens (including phenoxy) is 1. The first-order valence-electron chi connectivity index (χ1n) is 6.91. The standard InChI is InChI=1S/C15H21FN2O2/c1-20-15(19)11-4-6-18(7-5-11)10-12-2-3-14(16)8-13(12)9-17/h2-3,8,11H,4-7,9-10,17H2,1H3. The van der Waals surface area contributed by atoms with Gasteiger partial charge in [-0.1, -0.05) is 6.07 Å². The van der Waals surface area contributed by atoms with Crippen molar-refractivity contribution in [2.45, 2.75) is 25.9 Å². The molecule has 0 spiro atoms. The summed E-state index contributed by atoms with van der Waals surface area (Å²) in [6.45, 7) is 2.79. The Hall–Kier alpha value is -1.46. The van der Waals surface area contributed by atoms with Gasteiger partial charge < -0.3 is 10.5 Å². The van der Waals surface area contributed by atoms with Crippen LogP contribution < -0.4 is 5.73 Å². The molecule has 1 saturated heterocycles. The zero-order chi connectivity index (χ0) is 14.5. The van der Waals surface area contributed by atoms with Gasteiger partial charge in [0.2, 0.25) is 0 Å². The molecule has 0 saturated carbocycles. The summed E-state index contributed by atoms with van der Waals surface area (Å²) in [7, 11) is 1.43. The first-order chi connectivity index (χ1) is 9.63. The van der Waals surface area contributed by atoms with E-state index in [9.17, 15) is 9.18 Å². The zero-order valence-corrected chi connectivity index (χ0v) is 11.8. The van der Waals surface area contributed by atoms with Gasteiger partial charge >= 0.3 is 5.97 Å². The molecule has 110 valence electrons. The van der Waals surface area contributed by atoms with Crippen LogP contribution in [0.3, 0.4) is 0 Å². The molecule has 1 aliphatic heterocycles. The fourth-order valence-corrected chi connectivity index (χ4v) is 2.67. The summed E-state index contributed by atoms with van der Waals surface area (Å²) in [5.74, 6) is -0.355. The lowest BCUT2D eigenvalue weighted by molar-refractivity contribution is -0.147. The van der Waals surface area contributed by atoms with Crippen LogP contribution in [-0.2, 0) is 22.6 Å². The normalized spacial score (nSPS) is 17.1. The minimum atomic E-state index is -0.251. The SMILES string of the molecule is COC(=O)C1CCN(Cc2ccc(F)cc2CN)CC1. The molecule has 0 radical (unpaired) electrons. The molecule has 0 unspecified atom stereocenters. The summed E-state index contributed by atoms with van der Waals surface area (Å²) >= 11 is 0. The van der Waals surface area contributed by atoms with Crippen LogP contribution in [0, 0.1) is 11.7 Å². The summed E-state index contributed by atoms with van der Waals surface area (Å²) < 4.78 is 17.9. The van der Waals surface area contributed by atoms with Crippen LogP contribution in [0.15, 0.2) is 18.2 Å². The monoisotopic (exact) mass is 280 g/mol. The van der Waals surface area contributed by atoms with E-state index < -0.39 is 0 Å². The Morgan fingerprint density at radius 1 is 1.40 bits per heavy atom. The number of nitrogens with zero attached hydrogens (tertiary/aromatic N) is 1. The van der Waals surface area contributed by atoms with E-state index in [1.807, 2.05) is 0 Å². The van der Waals surface area contributed by atoms with Gasteiger partial charge in [-0.3, -0.25) is 9.69 Å². The van der Waals surface area contributed by atoms with Crippen molar-refractivity contribution in [1.29, 1.82) is 0 Å². The Labute approximate surface area is 118 Å². The van der Waals surface area contributed by atoms with Gasteiger partial charge in [0.05, 0.1) is 13.0 Å². The molecule has 1 aromatic carbocycles. The zero-order valence-electron chi connectivity index (χ0n) is 11.8. The van der Waals surface area contributed by atoms with Crippen molar-refractivity contribution in [3.63, 3.8) is 0 Å². The molecule has 1 fully saturated rings. The van der Waals surface area contributed by atoms with Crippen molar-refractivity contribution in [2.24, 2.45) is 11.7 Å². The first-order valence-corrected chi connectivity index (χ1v) is 6.91. The van der Waals surface area contributed by atoms with E-state index in [1.165, 1.54) is 19.2 Å². The lowest BCUT2D eigenvalue weighted by Gasteiger charge is -2.31. The van der Waals surface area contributed by atoms with Gasteiger partial charge in [0, 0.05) is 13.1 Å². The van der Waals surface area contributed by atoms with Gasteiger partial charge in [-0.2, -0.15) is 0 Å². The molecule has 1 aromatic rings. The molecular formula is C15H21FN2O2. The van der Waals surface area contributed by atoms with Gasteiger partial charge in [0.15, 0.2) is 0 Å². The predicted molar refractivity (Wildman–Crippen MR) is 74.3 cm³/mol. The summed E-state index contributed by atoms with van der Waals surface area (Å²) in [5.41, 5.74) is 7.57. The van der Waals surface area contributed by atoms with Crippen molar-refractivity contribution in [2.75, 3.05) is 20.2 Å². The number of methoxy groups -OCH3 is 1. The number of esters is 1. The van der Waals surface area contributed by atoms with Gasteiger partial charge in [0.1, 0.15) is 5.82 Å². The van der Waals surface area contributed by atoms with Gasteiger partial charge in [-0.05, 0) is 49.2 Å². The second kappa shape index (κ2) is 6.81. The van der Waals surface area contributed by atoms with Crippen LogP contribution in [0.2, 0.25) is 0 Å². The molecule has 0 aromatic heterocycles. The Balaban J connectivity index is 1.94. The van der Waals surface area contributed by atoms with Crippen molar-refractivity contribution in [3.05, 3.63) is 35.1 Å². The maximum atomic E-state index is 13.2. The average Bonchev–Trinajstić information content (AvgIpc) is 2.49. The molecular weight excluding hydrogens is 259 g/mol. The molecule has 20 heavy (non-hydrogen) atoms. The average molecular weight is 280 g/mol. The van der Waals surface area contributed by atoms with Crippen LogP contribution in [0.4, 0.5) is 4.39 Å². The lowest BCUT2D eigenvalue weighted by Crippen LogP contribution is -2.36. The maximum Gasteiger partial charge on any atom is 0.308 e. The molecule has 0 amide bonds. The number of piperidine rings is 1. The summed E-state index contributed by atoms with van der Waals surface area (Å²) in [6, 6.07) is 4.76. The third kappa shape index (κ3) is 3.55. The van der Waals surface area contributed by atoms with E-state index in [0.717, 1.165) is 43.6 Å². The third-order valence-electron chi connectivity index (χ3n) is 3.90. The molecule has 2 rings (SSSR count). The fraction of sp³-hybridized carbons (Fsp3) is 0.533. The maximum absolute atomic E-state index is 13.2. The van der Waals surface area contributed by atoms with Crippen LogP contribution in [0.1, 0.15) is 24.0 Å². The van der Waals surface area contributed by atoms with Crippen LogP contribution >= 0.6 is 0 Å². The number of carbonyl (C=O) groups excluding carboxylic acids is 1. The number of hydrogen-bond acceptors (Lipinski definition) is 4. The molecule has 1 aliphatic rings. The smallest absolute Gasteiger partial charge is 0.308 e. The third-order valence-corrected chi connectivity index (χ3v) is 3.90. The van der Waals surface area contributed by atoms with E-state index >= 15 is 0 Å². The molecule has 0 aliphatic carbocycles. The highest BCUT2D eigenvalue weighted by Gasteiger charge is 2.25. The van der Waals surface area contributed by atoms with E-state index in [4.69, 9.17) is 10.5 Å². The van der Waals surface area contributed by atoms with Crippen molar-refractivity contribution < 1.29 is 13.9 Å². The largest absolute Gasteiger partial charge is 0.469 e. The van der Waals surface area contributed by atoms with Crippen LogP contribution in [-0.4, -0.2) is 31.1 Å². The number of hydrogen-bond donors (Lipinski definition) is 1. The number of benzene rings is 1. The topological polar surface area (TPSA) is 55.6 Å². The van der Waals surface area contributed by atoms with Crippen LogP contribution in [0.25, 0.3) is 0 Å². The number of halogens is 1. The summed E-state index contributed by atoms with van der Waals surface area (Å²) in [5, 5.41) is 0. The van der Waals surface area contributed by atoms with Crippen LogP contribution in [0.5, 0.6) is 0 Å². The van der Waals surface area contributed by atoms with Crippen molar-refractivity contribution in [3.8, 4) is 0 Å².